The fraction of sp³-hybridized carbons (Fsp3) is 0.524. The van der Waals surface area contributed by atoms with E-state index in [0.29, 0.717) is 23.6 Å². The van der Waals surface area contributed by atoms with E-state index in [-0.39, 0.29) is 0 Å². The van der Waals surface area contributed by atoms with Crippen molar-refractivity contribution >= 4 is 0 Å². The van der Waals surface area contributed by atoms with Gasteiger partial charge in [-0.3, -0.25) is 0 Å². The van der Waals surface area contributed by atoms with E-state index in [4.69, 9.17) is 0 Å². The first kappa shape index (κ1) is 16.2. The van der Waals surface area contributed by atoms with Crippen molar-refractivity contribution in [3.8, 4) is 5.75 Å². The molecular weight excluding hydrogens is 282 g/mol. The summed E-state index contributed by atoms with van der Waals surface area (Å²) in [4.78, 5) is 2.29. The number of aryl methyl sites for hydroxylation is 1. The van der Waals surface area contributed by atoms with E-state index < -0.39 is 0 Å². The summed E-state index contributed by atoms with van der Waals surface area (Å²) < 4.78 is 0. The van der Waals surface area contributed by atoms with E-state index in [1.807, 2.05) is 12.1 Å². The van der Waals surface area contributed by atoms with Crippen molar-refractivity contribution in [2.24, 2.45) is 5.92 Å². The molecule has 1 aromatic carbocycles. The van der Waals surface area contributed by atoms with Crippen molar-refractivity contribution in [1.29, 1.82) is 0 Å². The molecule has 2 nitrogen and oxygen atoms in total. The number of likely N-dealkylation sites (N-methyl/N-ethyl adjacent to an activating group) is 1. The van der Waals surface area contributed by atoms with E-state index in [2.05, 4.69) is 49.4 Å². The minimum atomic E-state index is 0.423. The van der Waals surface area contributed by atoms with Crippen LogP contribution in [0.1, 0.15) is 55.6 Å². The number of hydrogen-bond acceptors (Lipinski definition) is 2. The van der Waals surface area contributed by atoms with Gasteiger partial charge in [0, 0.05) is 13.1 Å². The summed E-state index contributed by atoms with van der Waals surface area (Å²) in [6.07, 6.45) is 16.4. The molecular formula is C21H29NO. The molecule has 0 saturated heterocycles. The lowest BCUT2D eigenvalue weighted by molar-refractivity contribution is 0.250. The summed E-state index contributed by atoms with van der Waals surface area (Å²) in [5, 5.41) is 10.5. The van der Waals surface area contributed by atoms with E-state index in [1.165, 1.54) is 37.7 Å². The van der Waals surface area contributed by atoms with Crippen LogP contribution < -0.4 is 0 Å². The lowest BCUT2D eigenvalue weighted by Gasteiger charge is -2.36. The number of phenolic OH excluding ortho intramolecular Hbond substituents is 1. The van der Waals surface area contributed by atoms with Crippen molar-refractivity contribution in [2.45, 2.75) is 57.4 Å². The zero-order chi connectivity index (χ0) is 16.2. The summed E-state index contributed by atoms with van der Waals surface area (Å²) in [7, 11) is 2.15. The zero-order valence-electron chi connectivity index (χ0n) is 14.4. The lowest BCUT2D eigenvalue weighted by atomic mass is 9.73. The summed E-state index contributed by atoms with van der Waals surface area (Å²) >= 11 is 0. The molecule has 1 aliphatic carbocycles. The average molecular weight is 311 g/mol. The molecule has 2 atom stereocenters. The molecule has 1 aromatic rings. The van der Waals surface area contributed by atoms with Crippen molar-refractivity contribution in [3.05, 3.63) is 53.8 Å². The van der Waals surface area contributed by atoms with Crippen LogP contribution in [0.25, 0.3) is 0 Å². The molecule has 1 aliphatic heterocycles. The van der Waals surface area contributed by atoms with Crippen LogP contribution in [0.15, 0.2) is 42.6 Å². The van der Waals surface area contributed by atoms with Crippen LogP contribution in [-0.2, 0) is 0 Å². The maximum Gasteiger partial charge on any atom is 0.119 e. The average Bonchev–Trinajstić information content (AvgIpc) is 2.57. The molecule has 0 amide bonds. The van der Waals surface area contributed by atoms with Crippen molar-refractivity contribution in [2.75, 3.05) is 7.05 Å². The molecule has 2 aliphatic rings. The van der Waals surface area contributed by atoms with Gasteiger partial charge in [-0.25, -0.2) is 0 Å². The number of aromatic hydroxyl groups is 1. The summed E-state index contributed by atoms with van der Waals surface area (Å²) in [6, 6.07) is 6.51. The molecule has 0 aromatic heterocycles. The second-order valence-corrected chi connectivity index (χ2v) is 7.26. The van der Waals surface area contributed by atoms with Crippen LogP contribution >= 0.6 is 0 Å². The maximum atomic E-state index is 10.5. The number of hydrogen-bond donors (Lipinski definition) is 1. The van der Waals surface area contributed by atoms with Gasteiger partial charge >= 0.3 is 0 Å². The first-order valence-electron chi connectivity index (χ1n) is 9.01. The third-order valence-corrected chi connectivity index (χ3v) is 5.59. The monoisotopic (exact) mass is 311 g/mol. The Morgan fingerprint density at radius 1 is 1.17 bits per heavy atom. The third-order valence-electron chi connectivity index (χ3n) is 5.59. The Morgan fingerprint density at radius 3 is 2.70 bits per heavy atom. The normalized spacial score (nSPS) is 23.2. The summed E-state index contributed by atoms with van der Waals surface area (Å²) in [6.45, 7) is 2.12. The molecule has 1 fully saturated rings. The van der Waals surface area contributed by atoms with Gasteiger partial charge in [0.15, 0.2) is 0 Å². The Bertz CT molecular complexity index is 584. The second kappa shape index (κ2) is 7.25. The largest absolute Gasteiger partial charge is 0.508 e. The molecule has 23 heavy (non-hydrogen) atoms. The van der Waals surface area contributed by atoms with E-state index in [1.54, 1.807) is 0 Å². The van der Waals surface area contributed by atoms with Gasteiger partial charge in [-0.15, -0.1) is 0 Å². The van der Waals surface area contributed by atoms with Crippen LogP contribution in [0.4, 0.5) is 0 Å². The zero-order valence-corrected chi connectivity index (χ0v) is 14.4. The van der Waals surface area contributed by atoms with Gasteiger partial charge in [0.1, 0.15) is 5.75 Å². The third kappa shape index (κ3) is 3.80. The molecule has 0 spiro atoms. The van der Waals surface area contributed by atoms with Crippen LogP contribution in [-0.4, -0.2) is 23.1 Å². The Hall–Kier alpha value is -1.70. The van der Waals surface area contributed by atoms with Gasteiger partial charge in [-0.05, 0) is 61.9 Å². The van der Waals surface area contributed by atoms with Crippen LogP contribution in [0.5, 0.6) is 5.75 Å². The van der Waals surface area contributed by atoms with Crippen molar-refractivity contribution in [3.63, 3.8) is 0 Å². The Balaban J connectivity index is 1.88. The Kier molecular flexibility index (Phi) is 5.09. The summed E-state index contributed by atoms with van der Waals surface area (Å²) in [5.74, 6) is 1.62. The highest BCUT2D eigenvalue weighted by atomic mass is 16.3. The molecule has 0 bridgehead atoms. The van der Waals surface area contributed by atoms with Gasteiger partial charge in [0.05, 0.1) is 0 Å². The minimum Gasteiger partial charge on any atom is -0.508 e. The smallest absolute Gasteiger partial charge is 0.119 e. The SMILES string of the molecule is Cc1ccc(O)c(C(CC2C=CC=CN2C)C2CCCCC2)c1. The van der Waals surface area contributed by atoms with E-state index in [0.717, 1.165) is 12.0 Å². The highest BCUT2D eigenvalue weighted by Gasteiger charge is 2.30. The molecule has 1 saturated carbocycles. The molecule has 1 heterocycles. The van der Waals surface area contributed by atoms with Gasteiger partial charge < -0.3 is 10.0 Å². The fourth-order valence-electron chi connectivity index (χ4n) is 4.21. The van der Waals surface area contributed by atoms with Crippen LogP contribution in [0.3, 0.4) is 0 Å². The first-order valence-corrected chi connectivity index (χ1v) is 9.01. The van der Waals surface area contributed by atoms with Gasteiger partial charge in [-0.1, -0.05) is 49.1 Å². The number of phenols is 1. The van der Waals surface area contributed by atoms with Crippen molar-refractivity contribution < 1.29 is 5.11 Å². The maximum absolute atomic E-state index is 10.5. The molecule has 2 heteroatoms. The standard InChI is InChI=1S/C21H29NO/c1-16-11-12-21(23)20(14-16)19(17-8-4-3-5-9-17)15-18-10-6-7-13-22(18)2/h6-7,10-14,17-19,23H,3-5,8-9,15H2,1-2H3. The quantitative estimate of drug-likeness (QED) is 0.832. The molecule has 124 valence electrons. The Morgan fingerprint density at radius 2 is 1.96 bits per heavy atom. The van der Waals surface area contributed by atoms with Gasteiger partial charge in [0.25, 0.3) is 0 Å². The number of benzene rings is 1. The highest BCUT2D eigenvalue weighted by molar-refractivity contribution is 5.39. The highest BCUT2D eigenvalue weighted by Crippen LogP contribution is 2.42. The topological polar surface area (TPSA) is 23.5 Å². The molecule has 1 N–H and O–H groups in total. The molecule has 2 unspecified atom stereocenters. The van der Waals surface area contributed by atoms with Crippen molar-refractivity contribution in [1.82, 2.24) is 4.90 Å². The lowest BCUT2D eigenvalue weighted by Crippen LogP contribution is -2.31. The fourth-order valence-corrected chi connectivity index (χ4v) is 4.21. The van der Waals surface area contributed by atoms with Crippen LogP contribution in [0.2, 0.25) is 0 Å². The second-order valence-electron chi connectivity index (χ2n) is 7.26. The Labute approximate surface area is 140 Å². The molecule has 3 rings (SSSR count). The van der Waals surface area contributed by atoms with Crippen LogP contribution in [0, 0.1) is 12.8 Å². The first-order chi connectivity index (χ1) is 11.1. The molecule has 0 radical (unpaired) electrons. The van der Waals surface area contributed by atoms with E-state index in [9.17, 15) is 5.11 Å². The predicted molar refractivity (Wildman–Crippen MR) is 96.6 cm³/mol. The van der Waals surface area contributed by atoms with Gasteiger partial charge in [-0.2, -0.15) is 0 Å². The number of nitrogens with zero attached hydrogens (tertiary/aromatic N) is 1. The summed E-state index contributed by atoms with van der Waals surface area (Å²) in [5.41, 5.74) is 2.40. The van der Waals surface area contributed by atoms with E-state index >= 15 is 0 Å². The predicted octanol–water partition coefficient (Wildman–Crippen LogP) is 5.14. The number of allylic oxidation sites excluding steroid dienone is 2. The van der Waals surface area contributed by atoms with Gasteiger partial charge in [0.2, 0.25) is 0 Å². The minimum absolute atomic E-state index is 0.423. The number of rotatable bonds is 4.